The maximum atomic E-state index is 10.6. The van der Waals surface area contributed by atoms with Crippen molar-refractivity contribution in [1.82, 2.24) is 4.90 Å². The summed E-state index contributed by atoms with van der Waals surface area (Å²) >= 11 is 0. The van der Waals surface area contributed by atoms with E-state index in [0.29, 0.717) is 13.2 Å². The summed E-state index contributed by atoms with van der Waals surface area (Å²) in [7, 11) is 0. The molecule has 2 aliphatic heterocycles. The Morgan fingerprint density at radius 1 is 0.929 bits per heavy atom. The number of hydrogen-bond donors (Lipinski definition) is 2. The highest BCUT2D eigenvalue weighted by molar-refractivity contribution is 5.94. The molecule has 0 bridgehead atoms. The standard InChI is InChI=1S/C31H31NO3.C2HF3O2/c33-25-11-15-28-23(20-25)10-14-29-27-7-3-2-6-24(27)21-35-31(30(28)29)22-8-12-26(13-9-22)34-19-18-32-16-4-1-5-17-32;3-2(4,5)1(6)7/h2-3,6-15,20,31,33H,1,4-5,16-19,21H2;(H,6,7). The zero-order valence-corrected chi connectivity index (χ0v) is 22.9. The molecule has 2 heterocycles. The summed E-state index contributed by atoms with van der Waals surface area (Å²) in [5, 5.41) is 19.3. The number of phenolic OH excluding ortho intramolecular Hbond substituents is 1. The molecule has 6 nitrogen and oxygen atoms in total. The average Bonchev–Trinajstić information content (AvgIpc) is 3.15. The number of phenols is 1. The second kappa shape index (κ2) is 12.8. The Kier molecular flexibility index (Phi) is 8.99. The van der Waals surface area contributed by atoms with Crippen molar-refractivity contribution in [2.45, 2.75) is 38.1 Å². The molecule has 2 N–H and O–H groups in total. The molecule has 1 unspecified atom stereocenters. The topological polar surface area (TPSA) is 79.2 Å². The first-order chi connectivity index (χ1) is 20.2. The lowest BCUT2D eigenvalue weighted by molar-refractivity contribution is -0.192. The molecule has 42 heavy (non-hydrogen) atoms. The van der Waals surface area contributed by atoms with Crippen molar-refractivity contribution in [3.63, 3.8) is 0 Å². The van der Waals surface area contributed by atoms with Gasteiger partial charge in [-0.15, -0.1) is 0 Å². The molecular weight excluding hydrogens is 547 g/mol. The van der Waals surface area contributed by atoms with E-state index >= 15 is 0 Å². The minimum absolute atomic E-state index is 0.215. The summed E-state index contributed by atoms with van der Waals surface area (Å²) in [5.41, 5.74) is 5.82. The van der Waals surface area contributed by atoms with Crippen LogP contribution in [0.15, 0.2) is 78.9 Å². The van der Waals surface area contributed by atoms with Crippen molar-refractivity contribution < 1.29 is 37.7 Å². The molecule has 0 radical (unpaired) electrons. The van der Waals surface area contributed by atoms with Gasteiger partial charge in [-0.2, -0.15) is 13.2 Å². The van der Waals surface area contributed by atoms with Crippen LogP contribution < -0.4 is 4.74 Å². The van der Waals surface area contributed by atoms with Crippen molar-refractivity contribution in [1.29, 1.82) is 0 Å². The number of benzene rings is 4. The summed E-state index contributed by atoms with van der Waals surface area (Å²) < 4.78 is 44.4. The predicted molar refractivity (Wildman–Crippen MR) is 154 cm³/mol. The lowest BCUT2D eigenvalue weighted by atomic mass is 9.88. The number of aromatic hydroxyl groups is 1. The number of aliphatic carboxylic acids is 1. The monoisotopic (exact) mass is 579 g/mol. The number of carboxylic acid groups (broad SMARTS) is 1. The number of piperidine rings is 1. The van der Waals surface area contributed by atoms with Gasteiger partial charge in [-0.3, -0.25) is 4.90 Å². The molecule has 0 aromatic heterocycles. The fourth-order valence-electron chi connectivity index (χ4n) is 5.50. The fourth-order valence-corrected chi connectivity index (χ4v) is 5.50. The third kappa shape index (κ3) is 6.86. The molecule has 0 amide bonds. The van der Waals surface area contributed by atoms with E-state index in [0.717, 1.165) is 34.2 Å². The summed E-state index contributed by atoms with van der Waals surface area (Å²) in [4.78, 5) is 11.4. The number of hydrogen-bond acceptors (Lipinski definition) is 5. The Morgan fingerprint density at radius 3 is 2.36 bits per heavy atom. The van der Waals surface area contributed by atoms with Crippen LogP contribution in [0.3, 0.4) is 0 Å². The molecule has 1 saturated heterocycles. The third-order valence-electron chi connectivity index (χ3n) is 7.57. The number of ether oxygens (including phenoxy) is 2. The molecule has 1 atom stereocenters. The quantitative estimate of drug-likeness (QED) is 0.258. The first-order valence-electron chi connectivity index (χ1n) is 13.9. The number of alkyl halides is 3. The Morgan fingerprint density at radius 2 is 1.64 bits per heavy atom. The lowest BCUT2D eigenvalue weighted by Crippen LogP contribution is -2.33. The van der Waals surface area contributed by atoms with Gasteiger partial charge < -0.3 is 19.7 Å². The Balaban J connectivity index is 0.000000451. The molecule has 1 fully saturated rings. The van der Waals surface area contributed by atoms with Crippen LogP contribution in [0.1, 0.15) is 42.1 Å². The van der Waals surface area contributed by atoms with Crippen molar-refractivity contribution in [3.8, 4) is 22.6 Å². The number of halogens is 3. The van der Waals surface area contributed by atoms with E-state index in [1.54, 1.807) is 6.07 Å². The van der Waals surface area contributed by atoms with Gasteiger partial charge in [0.05, 0.1) is 6.61 Å². The van der Waals surface area contributed by atoms with Gasteiger partial charge in [0, 0.05) is 12.1 Å². The molecule has 2 aliphatic rings. The van der Waals surface area contributed by atoms with E-state index in [1.807, 2.05) is 12.1 Å². The highest BCUT2D eigenvalue weighted by Crippen LogP contribution is 2.44. The molecule has 0 aliphatic carbocycles. The fraction of sp³-hybridized carbons (Fsp3) is 0.303. The molecular formula is C33H32F3NO5. The average molecular weight is 580 g/mol. The summed E-state index contributed by atoms with van der Waals surface area (Å²) in [5.74, 6) is -1.59. The van der Waals surface area contributed by atoms with Crippen LogP contribution in [0.25, 0.3) is 21.9 Å². The minimum atomic E-state index is -5.08. The number of rotatable bonds is 5. The molecule has 220 valence electrons. The molecule has 4 aromatic rings. The van der Waals surface area contributed by atoms with E-state index in [1.165, 1.54) is 49.0 Å². The van der Waals surface area contributed by atoms with Crippen LogP contribution >= 0.6 is 0 Å². The van der Waals surface area contributed by atoms with E-state index < -0.39 is 12.1 Å². The van der Waals surface area contributed by atoms with Crippen LogP contribution in [0, 0.1) is 0 Å². The van der Waals surface area contributed by atoms with Gasteiger partial charge in [0.15, 0.2) is 0 Å². The van der Waals surface area contributed by atoms with E-state index in [-0.39, 0.29) is 11.9 Å². The highest BCUT2D eigenvalue weighted by Gasteiger charge is 2.38. The number of nitrogens with zero attached hydrogens (tertiary/aromatic N) is 1. The lowest BCUT2D eigenvalue weighted by Gasteiger charge is -2.26. The first-order valence-corrected chi connectivity index (χ1v) is 13.9. The van der Waals surface area contributed by atoms with Crippen LogP contribution in [0.5, 0.6) is 11.5 Å². The van der Waals surface area contributed by atoms with Crippen molar-refractivity contribution in [2.75, 3.05) is 26.2 Å². The second-order valence-electron chi connectivity index (χ2n) is 10.4. The molecule has 6 rings (SSSR count). The first kappa shape index (κ1) is 29.4. The molecule has 9 heteroatoms. The van der Waals surface area contributed by atoms with E-state index in [9.17, 15) is 18.3 Å². The van der Waals surface area contributed by atoms with Crippen molar-refractivity contribution >= 4 is 16.7 Å². The van der Waals surface area contributed by atoms with Gasteiger partial charge in [-0.1, -0.05) is 61.0 Å². The Bertz CT molecular complexity index is 1530. The summed E-state index contributed by atoms with van der Waals surface area (Å²) in [6.45, 7) is 4.62. The zero-order chi connectivity index (χ0) is 29.7. The Labute approximate surface area is 241 Å². The number of fused-ring (bicyclic) bond motifs is 5. The zero-order valence-electron chi connectivity index (χ0n) is 22.9. The predicted octanol–water partition coefficient (Wildman–Crippen LogP) is 7.33. The smallest absolute Gasteiger partial charge is 0.490 e. The maximum absolute atomic E-state index is 10.6. The van der Waals surface area contributed by atoms with Crippen LogP contribution in [0.4, 0.5) is 13.2 Å². The van der Waals surface area contributed by atoms with Crippen LogP contribution in [-0.2, 0) is 16.1 Å². The second-order valence-corrected chi connectivity index (χ2v) is 10.4. The SMILES string of the molecule is O=C(O)C(F)(F)F.Oc1ccc2c3c(ccc2c1)-c1ccccc1COC3c1ccc(OCCN2CCCCC2)cc1. The Hall–Kier alpha value is -4.08. The molecule has 0 saturated carbocycles. The van der Waals surface area contributed by atoms with Gasteiger partial charge in [-0.05, 0) is 83.2 Å². The molecule has 0 spiro atoms. The van der Waals surface area contributed by atoms with E-state index in [4.69, 9.17) is 19.4 Å². The normalized spacial score (nSPS) is 16.9. The summed E-state index contributed by atoms with van der Waals surface area (Å²) in [6, 6.07) is 26.7. The summed E-state index contributed by atoms with van der Waals surface area (Å²) in [6.07, 6.45) is -1.34. The third-order valence-corrected chi connectivity index (χ3v) is 7.57. The highest BCUT2D eigenvalue weighted by atomic mass is 19.4. The van der Waals surface area contributed by atoms with E-state index in [2.05, 4.69) is 65.6 Å². The van der Waals surface area contributed by atoms with Crippen LogP contribution in [0.2, 0.25) is 0 Å². The minimum Gasteiger partial charge on any atom is -0.508 e. The van der Waals surface area contributed by atoms with Gasteiger partial charge >= 0.3 is 12.1 Å². The van der Waals surface area contributed by atoms with Crippen molar-refractivity contribution in [3.05, 3.63) is 95.6 Å². The van der Waals surface area contributed by atoms with Crippen LogP contribution in [-0.4, -0.2) is 53.5 Å². The van der Waals surface area contributed by atoms with Gasteiger partial charge in [0.25, 0.3) is 0 Å². The number of carboxylic acids is 1. The van der Waals surface area contributed by atoms with Gasteiger partial charge in [0.2, 0.25) is 0 Å². The van der Waals surface area contributed by atoms with Gasteiger partial charge in [0.1, 0.15) is 24.2 Å². The number of carbonyl (C=O) groups is 1. The number of likely N-dealkylation sites (tertiary alicyclic amines) is 1. The maximum Gasteiger partial charge on any atom is 0.490 e. The largest absolute Gasteiger partial charge is 0.508 e. The van der Waals surface area contributed by atoms with Crippen molar-refractivity contribution in [2.24, 2.45) is 0 Å². The molecule has 4 aromatic carbocycles. The van der Waals surface area contributed by atoms with Gasteiger partial charge in [-0.25, -0.2) is 4.79 Å².